The van der Waals surface area contributed by atoms with Crippen molar-refractivity contribution in [3.05, 3.63) is 53.7 Å². The van der Waals surface area contributed by atoms with Gasteiger partial charge in [0.05, 0.1) is 6.54 Å². The molecule has 1 fully saturated rings. The SMILES string of the molecule is CN.C\C=C/C(=C\C=C\CC1CCCCC1)N(CCOC(C)=NCCC)C(=O)/C(C)=C/N.Cc1nn[nH]n1. The highest BCUT2D eigenvalue weighted by molar-refractivity contribution is 5.94. The van der Waals surface area contributed by atoms with Crippen LogP contribution in [0.1, 0.15) is 78.5 Å². The van der Waals surface area contributed by atoms with Crippen LogP contribution in [0.5, 0.6) is 0 Å². The molecular weight excluding hydrogens is 480 g/mol. The number of carbonyl (C=O) groups excluding carboxylic acids is 1. The van der Waals surface area contributed by atoms with Crippen molar-refractivity contribution in [2.45, 2.75) is 79.6 Å². The number of carbonyl (C=O) groups is 1. The molecule has 1 amide bonds. The summed E-state index contributed by atoms with van der Waals surface area (Å²) in [6, 6.07) is 0. The van der Waals surface area contributed by atoms with Crippen molar-refractivity contribution in [1.29, 1.82) is 0 Å². The summed E-state index contributed by atoms with van der Waals surface area (Å²) in [7, 11) is 1.50. The van der Waals surface area contributed by atoms with Crippen molar-refractivity contribution in [3.63, 3.8) is 0 Å². The summed E-state index contributed by atoms with van der Waals surface area (Å²) < 4.78 is 5.71. The van der Waals surface area contributed by atoms with Gasteiger partial charge in [0, 0.05) is 30.9 Å². The van der Waals surface area contributed by atoms with Gasteiger partial charge in [-0.05, 0) is 58.7 Å². The van der Waals surface area contributed by atoms with E-state index in [1.807, 2.05) is 32.1 Å². The van der Waals surface area contributed by atoms with Crippen LogP contribution in [-0.4, -0.2) is 64.1 Å². The van der Waals surface area contributed by atoms with Crippen molar-refractivity contribution in [2.75, 3.05) is 26.7 Å². The molecule has 1 saturated carbocycles. The van der Waals surface area contributed by atoms with Gasteiger partial charge in [-0.25, -0.2) is 0 Å². The zero-order valence-electron chi connectivity index (χ0n) is 24.3. The maximum Gasteiger partial charge on any atom is 0.255 e. The molecule has 0 unspecified atom stereocenters. The Morgan fingerprint density at radius 1 is 1.24 bits per heavy atom. The van der Waals surface area contributed by atoms with Crippen LogP contribution < -0.4 is 11.5 Å². The van der Waals surface area contributed by atoms with E-state index in [0.717, 1.165) is 31.0 Å². The lowest BCUT2D eigenvalue weighted by Crippen LogP contribution is -2.34. The summed E-state index contributed by atoms with van der Waals surface area (Å²) in [5.74, 6) is 2.01. The Morgan fingerprint density at radius 2 is 1.95 bits per heavy atom. The molecule has 1 aromatic rings. The van der Waals surface area contributed by atoms with Crippen molar-refractivity contribution in [1.82, 2.24) is 25.5 Å². The third-order valence-corrected chi connectivity index (χ3v) is 5.71. The maximum absolute atomic E-state index is 12.9. The van der Waals surface area contributed by atoms with E-state index in [0.29, 0.717) is 30.4 Å². The first kappa shape index (κ1) is 34.7. The first-order valence-corrected chi connectivity index (χ1v) is 13.5. The number of aliphatic imine (C=N–C) groups is 1. The van der Waals surface area contributed by atoms with E-state index in [9.17, 15) is 4.79 Å². The van der Waals surface area contributed by atoms with E-state index < -0.39 is 0 Å². The summed E-state index contributed by atoms with van der Waals surface area (Å²) >= 11 is 0. The Bertz CT molecular complexity index is 883. The fourth-order valence-corrected chi connectivity index (χ4v) is 3.71. The largest absolute Gasteiger partial charge is 0.479 e. The topological polar surface area (TPSA) is 148 Å². The zero-order chi connectivity index (χ0) is 28.6. The number of rotatable bonds is 11. The van der Waals surface area contributed by atoms with Crippen LogP contribution in [0.25, 0.3) is 0 Å². The van der Waals surface area contributed by atoms with Gasteiger partial charge in [0.1, 0.15) is 6.61 Å². The molecule has 0 atom stereocenters. The molecule has 1 aliphatic carbocycles. The van der Waals surface area contributed by atoms with Crippen LogP contribution >= 0.6 is 0 Å². The predicted molar refractivity (Wildman–Crippen MR) is 156 cm³/mol. The van der Waals surface area contributed by atoms with Crippen molar-refractivity contribution >= 4 is 11.8 Å². The number of hydrogen-bond donors (Lipinski definition) is 3. The molecule has 2 rings (SSSR count). The molecule has 1 heterocycles. The summed E-state index contributed by atoms with van der Waals surface area (Å²) in [6.07, 6.45) is 20.4. The highest BCUT2D eigenvalue weighted by Gasteiger charge is 2.18. The van der Waals surface area contributed by atoms with Gasteiger partial charge in [-0.2, -0.15) is 5.21 Å². The normalized spacial score (nSPS) is 15.1. The molecule has 5 N–H and O–H groups in total. The number of allylic oxidation sites excluding steroid dienone is 5. The molecule has 0 aliphatic heterocycles. The van der Waals surface area contributed by atoms with Gasteiger partial charge in [0.2, 0.25) is 0 Å². The molecule has 38 heavy (non-hydrogen) atoms. The molecule has 0 saturated heterocycles. The van der Waals surface area contributed by atoms with Crippen molar-refractivity contribution < 1.29 is 9.53 Å². The molecule has 0 aromatic carbocycles. The first-order valence-electron chi connectivity index (χ1n) is 13.5. The lowest BCUT2D eigenvalue weighted by atomic mass is 9.87. The number of aryl methyl sites for hydroxylation is 1. The zero-order valence-corrected chi connectivity index (χ0v) is 24.3. The van der Waals surface area contributed by atoms with Crippen molar-refractivity contribution in [2.24, 2.45) is 22.4 Å². The average Bonchev–Trinajstić information content (AvgIpc) is 3.43. The molecule has 10 heteroatoms. The highest BCUT2D eigenvalue weighted by Crippen LogP contribution is 2.26. The molecule has 0 bridgehead atoms. The Labute approximate surface area is 229 Å². The number of H-pyrrole nitrogens is 1. The number of aromatic nitrogens is 4. The van der Waals surface area contributed by atoms with E-state index in [2.05, 4.69) is 50.4 Å². The van der Waals surface area contributed by atoms with Crippen LogP contribution in [0, 0.1) is 12.8 Å². The first-order chi connectivity index (χ1) is 18.4. The van der Waals surface area contributed by atoms with E-state index in [1.54, 1.807) is 18.7 Å². The minimum atomic E-state index is -0.116. The Morgan fingerprint density at radius 3 is 2.47 bits per heavy atom. The minimum Gasteiger partial charge on any atom is -0.479 e. The van der Waals surface area contributed by atoms with E-state index in [1.165, 1.54) is 45.4 Å². The third-order valence-electron chi connectivity index (χ3n) is 5.71. The van der Waals surface area contributed by atoms with E-state index >= 15 is 0 Å². The average molecular weight is 531 g/mol. The lowest BCUT2D eigenvalue weighted by molar-refractivity contribution is -0.125. The van der Waals surface area contributed by atoms with Crippen LogP contribution in [0.15, 0.2) is 52.8 Å². The lowest BCUT2D eigenvalue weighted by Gasteiger charge is -2.24. The molecule has 214 valence electrons. The third kappa shape index (κ3) is 15.8. The number of nitrogens with one attached hydrogen (secondary N) is 1. The Kier molecular flexibility index (Phi) is 20.9. The minimum absolute atomic E-state index is 0.116. The van der Waals surface area contributed by atoms with Crippen LogP contribution in [0.4, 0.5) is 0 Å². The summed E-state index contributed by atoms with van der Waals surface area (Å²) in [4.78, 5) is 19.0. The second kappa shape index (κ2) is 22.9. The smallest absolute Gasteiger partial charge is 0.255 e. The summed E-state index contributed by atoms with van der Waals surface area (Å²) in [6.45, 7) is 10.9. The number of tetrazole rings is 1. The van der Waals surface area contributed by atoms with E-state index in [4.69, 9.17) is 10.5 Å². The fraction of sp³-hybridized carbons (Fsp3) is 0.607. The number of aromatic amines is 1. The number of amides is 1. The van der Waals surface area contributed by atoms with Crippen LogP contribution in [0.2, 0.25) is 0 Å². The monoisotopic (exact) mass is 530 g/mol. The molecule has 0 spiro atoms. The van der Waals surface area contributed by atoms with Gasteiger partial charge in [-0.1, -0.05) is 62.5 Å². The Hall–Kier alpha value is -3.27. The highest BCUT2D eigenvalue weighted by atomic mass is 16.5. The standard InChI is InChI=1S/C25H41N3O2.C2H4N4.CH5N/c1-5-12-24(16-11-10-15-23-13-8-7-9-14-23)28(25(29)21(3)20-26)18-19-30-22(4)27-17-6-2;1-2-3-5-6-4-2;1-2/h5,10-12,16,20,23H,6-9,13-15,17-19,26H2,1-4H3;1H3,(H,3,4,5,6);2H2,1H3/b11-10+,12-5-,21-20+,24-16+,27-22?;;. The number of ether oxygens (including phenoxy) is 1. The van der Waals surface area contributed by atoms with Crippen molar-refractivity contribution in [3.8, 4) is 0 Å². The van der Waals surface area contributed by atoms with Gasteiger partial charge >= 0.3 is 0 Å². The Balaban J connectivity index is 0.00000147. The van der Waals surface area contributed by atoms with E-state index in [-0.39, 0.29) is 5.91 Å². The van der Waals surface area contributed by atoms with Crippen LogP contribution in [-0.2, 0) is 9.53 Å². The molecular formula is C28H50N8O2. The quantitative estimate of drug-likeness (QED) is 0.164. The fourth-order valence-electron chi connectivity index (χ4n) is 3.71. The number of hydrogen-bond acceptors (Lipinski definition) is 8. The number of nitrogens with two attached hydrogens (primary N) is 2. The van der Waals surface area contributed by atoms with Gasteiger partial charge in [-0.3, -0.25) is 9.79 Å². The van der Waals surface area contributed by atoms with Crippen LogP contribution in [0.3, 0.4) is 0 Å². The summed E-state index contributed by atoms with van der Waals surface area (Å²) in [5, 5.41) is 12.7. The second-order valence-corrected chi connectivity index (χ2v) is 8.77. The molecule has 1 aromatic heterocycles. The van der Waals surface area contributed by atoms with Gasteiger partial charge in [0.15, 0.2) is 11.7 Å². The second-order valence-electron chi connectivity index (χ2n) is 8.77. The summed E-state index contributed by atoms with van der Waals surface area (Å²) in [5.41, 5.74) is 11.4. The molecule has 1 aliphatic rings. The molecule has 10 nitrogen and oxygen atoms in total. The van der Waals surface area contributed by atoms with Gasteiger partial charge in [-0.15, -0.1) is 10.2 Å². The maximum atomic E-state index is 12.9. The van der Waals surface area contributed by atoms with Gasteiger partial charge in [0.25, 0.3) is 5.91 Å². The number of nitrogens with zero attached hydrogens (tertiary/aromatic N) is 5. The van der Waals surface area contributed by atoms with Gasteiger partial charge < -0.3 is 21.1 Å². The predicted octanol–water partition coefficient (Wildman–Crippen LogP) is 4.59. The molecule has 0 radical (unpaired) electrons.